The molecule has 8 nitrogen and oxygen atoms in total. The standard InChI is InChI=1S/C26H37N5O3/c1-16(2)14-30(22(32)13-28-17(3)21-12-19-9-10-20(21)11-19)23-24(27)31(26(34)29-25(23)33)15-18-7-5-4-6-8-18/h4-8,16-17,19-21,28H,9-15,27H2,1-3H3,(H,29,33,34)/p+1/t17-,19+,20-,21-/m0/s1. The van der Waals surface area contributed by atoms with Crippen LogP contribution < -0.4 is 27.2 Å². The number of nitrogens with two attached hydrogens (primary N) is 2. The van der Waals surface area contributed by atoms with Crippen molar-refractivity contribution in [2.24, 2.45) is 23.7 Å². The number of hydrogen-bond acceptors (Lipinski definition) is 4. The van der Waals surface area contributed by atoms with Crippen molar-refractivity contribution in [1.82, 2.24) is 9.55 Å². The van der Waals surface area contributed by atoms with Crippen LogP contribution in [0.1, 0.15) is 52.0 Å². The quantitative estimate of drug-likeness (QED) is 0.517. The van der Waals surface area contributed by atoms with Crippen LogP contribution in [0.25, 0.3) is 0 Å². The largest absolute Gasteiger partial charge is 0.383 e. The molecule has 0 saturated heterocycles. The highest BCUT2D eigenvalue weighted by Gasteiger charge is 2.43. The number of anilines is 2. The molecular weight excluding hydrogens is 430 g/mol. The van der Waals surface area contributed by atoms with Gasteiger partial charge in [0.2, 0.25) is 0 Å². The maximum absolute atomic E-state index is 13.4. The first-order chi connectivity index (χ1) is 16.2. The normalized spacial score (nSPS) is 22.3. The first-order valence-corrected chi connectivity index (χ1v) is 12.5. The Hall–Kier alpha value is -2.87. The molecule has 0 spiro atoms. The molecule has 1 heterocycles. The average molecular weight is 469 g/mol. The van der Waals surface area contributed by atoms with E-state index in [1.165, 1.54) is 35.2 Å². The molecule has 0 unspecified atom stereocenters. The van der Waals surface area contributed by atoms with E-state index in [1.807, 2.05) is 44.2 Å². The number of benzene rings is 1. The topological polar surface area (TPSA) is 118 Å². The third-order valence-corrected chi connectivity index (χ3v) is 7.65. The fraction of sp³-hybridized carbons (Fsp3) is 0.577. The Kier molecular flexibility index (Phi) is 7.26. The van der Waals surface area contributed by atoms with Crippen molar-refractivity contribution in [3.63, 3.8) is 0 Å². The molecule has 0 radical (unpaired) electrons. The number of H-pyrrole nitrogens is 1. The molecule has 4 atom stereocenters. The summed E-state index contributed by atoms with van der Waals surface area (Å²) in [6, 6.07) is 9.79. The Morgan fingerprint density at radius 3 is 2.53 bits per heavy atom. The number of aromatic nitrogens is 2. The second-order valence-corrected chi connectivity index (χ2v) is 10.6. The molecule has 2 aliphatic carbocycles. The first kappa shape index (κ1) is 24.3. The molecule has 2 aromatic rings. The van der Waals surface area contributed by atoms with Crippen LogP contribution in [-0.4, -0.2) is 34.6 Å². The number of nitrogens with zero attached hydrogens (tertiary/aromatic N) is 2. The second-order valence-electron chi connectivity index (χ2n) is 10.6. The zero-order chi connectivity index (χ0) is 24.4. The molecule has 5 N–H and O–H groups in total. The summed E-state index contributed by atoms with van der Waals surface area (Å²) in [5.41, 5.74) is 6.12. The minimum Gasteiger partial charge on any atom is -0.383 e. The molecular formula is C26H38N5O3+. The minimum absolute atomic E-state index is 0.0211. The molecule has 2 aliphatic rings. The van der Waals surface area contributed by atoms with E-state index in [0.29, 0.717) is 18.5 Å². The third kappa shape index (κ3) is 5.12. The van der Waals surface area contributed by atoms with Gasteiger partial charge in [-0.2, -0.15) is 0 Å². The van der Waals surface area contributed by atoms with E-state index < -0.39 is 11.2 Å². The summed E-state index contributed by atoms with van der Waals surface area (Å²) >= 11 is 0. The summed E-state index contributed by atoms with van der Waals surface area (Å²) < 4.78 is 1.33. The van der Waals surface area contributed by atoms with Gasteiger partial charge in [-0.1, -0.05) is 50.6 Å². The molecule has 1 aromatic heterocycles. The van der Waals surface area contributed by atoms with E-state index in [-0.39, 0.29) is 36.4 Å². The number of carbonyl (C=O) groups excluding carboxylic acids is 1. The van der Waals surface area contributed by atoms with Crippen molar-refractivity contribution >= 4 is 17.4 Å². The Labute approximate surface area is 200 Å². The summed E-state index contributed by atoms with van der Waals surface area (Å²) in [5, 5.41) is 2.12. The fourth-order valence-electron chi connectivity index (χ4n) is 5.95. The number of rotatable bonds is 9. The molecule has 0 aliphatic heterocycles. The molecule has 34 heavy (non-hydrogen) atoms. The van der Waals surface area contributed by atoms with Gasteiger partial charge in [-0.25, -0.2) is 4.79 Å². The van der Waals surface area contributed by atoms with Crippen molar-refractivity contribution in [2.45, 2.75) is 59.0 Å². The maximum atomic E-state index is 13.4. The van der Waals surface area contributed by atoms with Crippen LogP contribution in [0.5, 0.6) is 0 Å². The predicted molar refractivity (Wildman–Crippen MR) is 134 cm³/mol. The van der Waals surface area contributed by atoms with Gasteiger partial charge in [0.1, 0.15) is 5.82 Å². The van der Waals surface area contributed by atoms with E-state index in [1.54, 1.807) is 0 Å². The molecule has 4 rings (SSSR count). The van der Waals surface area contributed by atoms with Gasteiger partial charge in [0.05, 0.1) is 12.6 Å². The number of hydrogen-bond donors (Lipinski definition) is 3. The number of fused-ring (bicyclic) bond motifs is 2. The average Bonchev–Trinajstić information content (AvgIpc) is 3.43. The van der Waals surface area contributed by atoms with Gasteiger partial charge in [0.25, 0.3) is 11.5 Å². The lowest BCUT2D eigenvalue weighted by Crippen LogP contribution is -2.93. The van der Waals surface area contributed by atoms with Crippen LogP contribution in [0.15, 0.2) is 39.9 Å². The van der Waals surface area contributed by atoms with E-state index in [0.717, 1.165) is 17.4 Å². The molecule has 184 valence electrons. The third-order valence-electron chi connectivity index (χ3n) is 7.65. The second kappa shape index (κ2) is 10.2. The Bertz CT molecular complexity index is 1120. The summed E-state index contributed by atoms with van der Waals surface area (Å²) in [7, 11) is 0. The molecule has 1 amide bonds. The first-order valence-electron chi connectivity index (χ1n) is 12.5. The van der Waals surface area contributed by atoms with Gasteiger partial charge < -0.3 is 11.1 Å². The van der Waals surface area contributed by atoms with Crippen LogP contribution in [0.3, 0.4) is 0 Å². The zero-order valence-corrected chi connectivity index (χ0v) is 20.5. The van der Waals surface area contributed by atoms with Crippen molar-refractivity contribution < 1.29 is 10.1 Å². The van der Waals surface area contributed by atoms with Crippen LogP contribution in [0.2, 0.25) is 0 Å². The Morgan fingerprint density at radius 2 is 1.91 bits per heavy atom. The van der Waals surface area contributed by atoms with E-state index in [4.69, 9.17) is 5.73 Å². The Morgan fingerprint density at radius 1 is 1.18 bits per heavy atom. The smallest absolute Gasteiger partial charge is 0.330 e. The van der Waals surface area contributed by atoms with Crippen molar-refractivity contribution in [3.8, 4) is 0 Å². The number of carbonyl (C=O) groups is 1. The number of amides is 1. The molecule has 2 bridgehead atoms. The van der Waals surface area contributed by atoms with Crippen LogP contribution in [-0.2, 0) is 11.3 Å². The highest BCUT2D eigenvalue weighted by Crippen LogP contribution is 2.48. The lowest BCUT2D eigenvalue weighted by atomic mass is 9.84. The van der Waals surface area contributed by atoms with Crippen LogP contribution in [0, 0.1) is 23.7 Å². The summed E-state index contributed by atoms with van der Waals surface area (Å²) in [4.78, 5) is 42.7. The fourth-order valence-corrected chi connectivity index (χ4v) is 5.95. The molecule has 8 heteroatoms. The lowest BCUT2D eigenvalue weighted by molar-refractivity contribution is -0.683. The van der Waals surface area contributed by atoms with Gasteiger partial charge in [-0.05, 0) is 49.5 Å². The van der Waals surface area contributed by atoms with Crippen molar-refractivity contribution in [2.75, 3.05) is 23.7 Å². The number of nitrogens with one attached hydrogen (secondary N) is 1. The molecule has 2 fully saturated rings. The van der Waals surface area contributed by atoms with Crippen LogP contribution in [0.4, 0.5) is 11.5 Å². The highest BCUT2D eigenvalue weighted by atomic mass is 16.2. The predicted octanol–water partition coefficient (Wildman–Crippen LogP) is 1.54. The summed E-state index contributed by atoms with van der Waals surface area (Å²) in [6.45, 7) is 7.02. The van der Waals surface area contributed by atoms with Gasteiger partial charge in [-0.3, -0.25) is 24.0 Å². The van der Waals surface area contributed by atoms with E-state index in [2.05, 4.69) is 17.2 Å². The van der Waals surface area contributed by atoms with Gasteiger partial charge in [-0.15, -0.1) is 0 Å². The summed E-state index contributed by atoms with van der Waals surface area (Å²) in [5.74, 6) is 2.30. The monoisotopic (exact) mass is 468 g/mol. The number of quaternary nitrogens is 1. The molecule has 2 saturated carbocycles. The minimum atomic E-state index is -0.623. The molecule has 1 aromatic carbocycles. The van der Waals surface area contributed by atoms with Crippen molar-refractivity contribution in [3.05, 3.63) is 56.7 Å². The summed E-state index contributed by atoms with van der Waals surface area (Å²) in [6.07, 6.45) is 5.28. The maximum Gasteiger partial charge on any atom is 0.330 e. The van der Waals surface area contributed by atoms with Gasteiger partial charge >= 0.3 is 5.69 Å². The number of aromatic amines is 1. The van der Waals surface area contributed by atoms with Gasteiger partial charge in [0.15, 0.2) is 12.2 Å². The van der Waals surface area contributed by atoms with Crippen molar-refractivity contribution in [1.29, 1.82) is 0 Å². The van der Waals surface area contributed by atoms with E-state index >= 15 is 0 Å². The number of nitrogen functional groups attached to an aromatic ring is 1. The zero-order valence-electron chi connectivity index (χ0n) is 20.5. The van der Waals surface area contributed by atoms with E-state index in [9.17, 15) is 14.4 Å². The SMILES string of the molecule is CC(C)CN(C(=O)C[NH2+][C@@H](C)[C@@H]1C[C@@H]2CC[C@H]1C2)c1c(N)n(Cc2ccccc2)c(=O)[nH]c1=O. The van der Waals surface area contributed by atoms with Gasteiger partial charge in [0, 0.05) is 12.5 Å². The Balaban J connectivity index is 1.56. The van der Waals surface area contributed by atoms with Crippen LogP contribution >= 0.6 is 0 Å². The lowest BCUT2D eigenvalue weighted by Gasteiger charge is -2.28. The highest BCUT2D eigenvalue weighted by molar-refractivity contribution is 5.96.